The van der Waals surface area contributed by atoms with Gasteiger partial charge in [-0.1, -0.05) is 6.07 Å². The number of benzene rings is 1. The van der Waals surface area contributed by atoms with Crippen LogP contribution in [0.3, 0.4) is 0 Å². The summed E-state index contributed by atoms with van der Waals surface area (Å²) in [5.74, 6) is 0. The Hall–Kier alpha value is -1.49. The van der Waals surface area contributed by atoms with Crippen LogP contribution in [-0.4, -0.2) is 9.91 Å². The summed E-state index contributed by atoms with van der Waals surface area (Å²) in [6.07, 6.45) is 1.61. The highest BCUT2D eigenvalue weighted by Gasteiger charge is 2.12. The van der Waals surface area contributed by atoms with Gasteiger partial charge in [-0.2, -0.15) is 0 Å². The van der Waals surface area contributed by atoms with Crippen LogP contribution in [0.5, 0.6) is 0 Å². The molecule has 0 amide bonds. The highest BCUT2D eigenvalue weighted by molar-refractivity contribution is 9.10. The molecule has 0 saturated carbocycles. The maximum absolute atomic E-state index is 10.6. The van der Waals surface area contributed by atoms with Crippen LogP contribution in [0.25, 0.3) is 10.9 Å². The van der Waals surface area contributed by atoms with Gasteiger partial charge in [-0.15, -0.1) is 0 Å². The molecule has 0 N–H and O–H groups in total. The minimum atomic E-state index is -0.432. The molecular formula is C9H5BrN2O2. The topological polar surface area (TPSA) is 56.0 Å². The lowest BCUT2D eigenvalue weighted by Crippen LogP contribution is -1.90. The molecular weight excluding hydrogens is 248 g/mol. The zero-order valence-electron chi connectivity index (χ0n) is 6.98. The minimum absolute atomic E-state index is 0.0381. The lowest BCUT2D eigenvalue weighted by molar-refractivity contribution is -0.385. The predicted molar refractivity (Wildman–Crippen MR) is 56.1 cm³/mol. The van der Waals surface area contributed by atoms with E-state index in [9.17, 15) is 10.1 Å². The monoisotopic (exact) mass is 252 g/mol. The largest absolute Gasteiger partial charge is 0.285 e. The molecule has 0 radical (unpaired) electrons. The average molecular weight is 253 g/mol. The zero-order valence-corrected chi connectivity index (χ0v) is 8.56. The molecule has 2 rings (SSSR count). The van der Waals surface area contributed by atoms with Crippen LogP contribution in [0.2, 0.25) is 0 Å². The Morgan fingerprint density at radius 2 is 2.21 bits per heavy atom. The Bertz CT molecular complexity index is 513. The van der Waals surface area contributed by atoms with Crippen LogP contribution in [-0.2, 0) is 0 Å². The Morgan fingerprint density at radius 1 is 1.43 bits per heavy atom. The number of hydrogen-bond donors (Lipinski definition) is 0. The van der Waals surface area contributed by atoms with E-state index in [1.807, 2.05) is 6.07 Å². The lowest BCUT2D eigenvalue weighted by atomic mass is 10.2. The summed E-state index contributed by atoms with van der Waals surface area (Å²) in [6.45, 7) is 0. The molecule has 2 aromatic rings. The number of fused-ring (bicyclic) bond motifs is 1. The molecule has 4 nitrogen and oxygen atoms in total. The first-order valence-electron chi connectivity index (χ1n) is 3.87. The molecule has 1 aromatic carbocycles. The number of nitro benzene ring substituents is 1. The number of pyridine rings is 1. The quantitative estimate of drug-likeness (QED) is 0.579. The summed E-state index contributed by atoms with van der Waals surface area (Å²) in [4.78, 5) is 14.2. The molecule has 0 aliphatic heterocycles. The van der Waals surface area contributed by atoms with Gasteiger partial charge in [-0.25, -0.2) is 0 Å². The van der Waals surface area contributed by atoms with E-state index in [1.54, 1.807) is 18.3 Å². The highest BCUT2D eigenvalue weighted by Crippen LogP contribution is 2.28. The van der Waals surface area contributed by atoms with Gasteiger partial charge in [-0.3, -0.25) is 15.1 Å². The summed E-state index contributed by atoms with van der Waals surface area (Å²) < 4.78 is 0.475. The second kappa shape index (κ2) is 3.34. The second-order valence-electron chi connectivity index (χ2n) is 2.76. The molecule has 0 aliphatic carbocycles. The smallest absolute Gasteiger partial charge is 0.258 e. The van der Waals surface area contributed by atoms with E-state index < -0.39 is 4.92 Å². The molecule has 0 saturated heterocycles. The van der Waals surface area contributed by atoms with Crippen molar-refractivity contribution in [3.8, 4) is 0 Å². The third kappa shape index (κ3) is 1.46. The van der Waals surface area contributed by atoms with Gasteiger partial charge < -0.3 is 0 Å². The molecule has 0 bridgehead atoms. The summed E-state index contributed by atoms with van der Waals surface area (Å²) in [5, 5.41) is 11.5. The van der Waals surface area contributed by atoms with Gasteiger partial charge in [0, 0.05) is 17.6 Å². The van der Waals surface area contributed by atoms with E-state index in [-0.39, 0.29) is 5.69 Å². The Kier molecular flexibility index (Phi) is 2.17. The van der Waals surface area contributed by atoms with Gasteiger partial charge in [0.2, 0.25) is 0 Å². The van der Waals surface area contributed by atoms with Crippen molar-refractivity contribution in [3.63, 3.8) is 0 Å². The molecule has 0 unspecified atom stereocenters. The van der Waals surface area contributed by atoms with Crippen molar-refractivity contribution < 1.29 is 4.92 Å². The van der Waals surface area contributed by atoms with Crippen molar-refractivity contribution in [3.05, 3.63) is 45.0 Å². The molecule has 70 valence electrons. The number of nitro groups is 1. The van der Waals surface area contributed by atoms with Gasteiger partial charge in [0.25, 0.3) is 5.69 Å². The number of rotatable bonds is 1. The van der Waals surface area contributed by atoms with E-state index >= 15 is 0 Å². The predicted octanol–water partition coefficient (Wildman–Crippen LogP) is 2.91. The Labute approximate surface area is 87.9 Å². The molecule has 5 heteroatoms. The normalized spacial score (nSPS) is 10.4. The fraction of sp³-hybridized carbons (Fsp3) is 0. The van der Waals surface area contributed by atoms with E-state index in [1.165, 1.54) is 6.07 Å². The first kappa shape index (κ1) is 9.08. The Balaban J connectivity index is 2.77. The first-order chi connectivity index (χ1) is 6.68. The summed E-state index contributed by atoms with van der Waals surface area (Å²) in [6, 6.07) is 6.80. The van der Waals surface area contributed by atoms with Crippen molar-refractivity contribution in [2.45, 2.75) is 0 Å². The van der Waals surface area contributed by atoms with Gasteiger partial charge >= 0.3 is 0 Å². The molecule has 0 aliphatic rings. The summed E-state index contributed by atoms with van der Waals surface area (Å²) >= 11 is 3.15. The van der Waals surface area contributed by atoms with Gasteiger partial charge in [0.1, 0.15) is 0 Å². The first-order valence-corrected chi connectivity index (χ1v) is 4.66. The van der Waals surface area contributed by atoms with Gasteiger partial charge in [-0.05, 0) is 28.1 Å². The van der Waals surface area contributed by atoms with E-state index in [0.717, 1.165) is 5.39 Å². The third-order valence-electron chi connectivity index (χ3n) is 1.87. The average Bonchev–Trinajstić information content (AvgIpc) is 2.16. The van der Waals surface area contributed by atoms with Crippen LogP contribution in [0.15, 0.2) is 34.9 Å². The van der Waals surface area contributed by atoms with Crippen LogP contribution in [0.4, 0.5) is 5.69 Å². The third-order valence-corrected chi connectivity index (χ3v) is 2.50. The number of nitrogens with zero attached hydrogens (tertiary/aromatic N) is 2. The van der Waals surface area contributed by atoms with Crippen molar-refractivity contribution >= 4 is 32.5 Å². The second-order valence-corrected chi connectivity index (χ2v) is 3.61. The standard InChI is InChI=1S/C9H5BrN2O2/c10-7-4-6-2-1-3-11-8(6)5-9(7)12(13)14/h1-5H. The highest BCUT2D eigenvalue weighted by atomic mass is 79.9. The van der Waals surface area contributed by atoms with Crippen LogP contribution < -0.4 is 0 Å². The fourth-order valence-corrected chi connectivity index (χ4v) is 1.73. The van der Waals surface area contributed by atoms with E-state index in [4.69, 9.17) is 0 Å². The van der Waals surface area contributed by atoms with Crippen molar-refractivity contribution in [1.82, 2.24) is 4.98 Å². The number of halogens is 1. The maximum Gasteiger partial charge on any atom is 0.285 e. The van der Waals surface area contributed by atoms with Crippen LogP contribution in [0, 0.1) is 10.1 Å². The van der Waals surface area contributed by atoms with Crippen molar-refractivity contribution in [2.24, 2.45) is 0 Å². The van der Waals surface area contributed by atoms with Crippen molar-refractivity contribution in [2.75, 3.05) is 0 Å². The molecule has 0 fully saturated rings. The van der Waals surface area contributed by atoms with E-state index in [2.05, 4.69) is 20.9 Å². The van der Waals surface area contributed by atoms with Crippen LogP contribution in [0.1, 0.15) is 0 Å². The van der Waals surface area contributed by atoms with E-state index in [0.29, 0.717) is 9.99 Å². The molecule has 1 heterocycles. The molecule has 1 aromatic heterocycles. The fourth-order valence-electron chi connectivity index (χ4n) is 1.22. The maximum atomic E-state index is 10.6. The van der Waals surface area contributed by atoms with Crippen LogP contribution >= 0.6 is 15.9 Å². The Morgan fingerprint density at radius 3 is 2.93 bits per heavy atom. The molecule has 0 spiro atoms. The minimum Gasteiger partial charge on any atom is -0.258 e. The SMILES string of the molecule is O=[N+]([O-])c1cc2ncccc2cc1Br. The molecule has 14 heavy (non-hydrogen) atoms. The number of hydrogen-bond acceptors (Lipinski definition) is 3. The van der Waals surface area contributed by atoms with Gasteiger partial charge in [0.05, 0.1) is 14.9 Å². The van der Waals surface area contributed by atoms with Gasteiger partial charge in [0.15, 0.2) is 0 Å². The molecule has 0 atom stereocenters. The van der Waals surface area contributed by atoms with Crippen molar-refractivity contribution in [1.29, 1.82) is 0 Å². The number of aromatic nitrogens is 1. The summed E-state index contributed by atoms with van der Waals surface area (Å²) in [7, 11) is 0. The summed E-state index contributed by atoms with van der Waals surface area (Å²) in [5.41, 5.74) is 0.665. The lowest BCUT2D eigenvalue weighted by Gasteiger charge is -1.98. The zero-order chi connectivity index (χ0) is 10.1.